The van der Waals surface area contributed by atoms with Crippen LogP contribution < -0.4 is 15.8 Å². The van der Waals surface area contributed by atoms with Crippen molar-refractivity contribution in [1.82, 2.24) is 0 Å². The van der Waals surface area contributed by atoms with E-state index in [0.717, 1.165) is 6.54 Å². The van der Waals surface area contributed by atoms with E-state index in [2.05, 4.69) is 26.1 Å². The molecule has 3 nitrogen and oxygen atoms in total. The zero-order valence-corrected chi connectivity index (χ0v) is 10.9. The van der Waals surface area contributed by atoms with Crippen molar-refractivity contribution < 1.29 is 9.13 Å². The van der Waals surface area contributed by atoms with E-state index >= 15 is 0 Å². The van der Waals surface area contributed by atoms with Crippen LogP contribution >= 0.6 is 0 Å². The number of nitrogens with one attached hydrogen (secondary N) is 1. The number of nitrogen functional groups attached to an aromatic ring is 1. The van der Waals surface area contributed by atoms with Gasteiger partial charge in [0.2, 0.25) is 0 Å². The Kier molecular flexibility index (Phi) is 4.61. The highest BCUT2D eigenvalue weighted by Gasteiger charge is 2.11. The second kappa shape index (κ2) is 5.75. The molecule has 0 aliphatic rings. The summed E-state index contributed by atoms with van der Waals surface area (Å²) in [6.07, 6.45) is 0. The molecular weight excluding hydrogens is 219 g/mol. The molecule has 17 heavy (non-hydrogen) atoms. The summed E-state index contributed by atoms with van der Waals surface area (Å²) in [7, 11) is 1.52. The summed E-state index contributed by atoms with van der Waals surface area (Å²) < 4.78 is 18.7. The first-order valence-corrected chi connectivity index (χ1v) is 5.82. The fourth-order valence-corrected chi connectivity index (χ4v) is 1.39. The van der Waals surface area contributed by atoms with E-state index in [0.29, 0.717) is 29.0 Å². The van der Waals surface area contributed by atoms with Crippen molar-refractivity contribution in [3.63, 3.8) is 0 Å². The standard InChI is InChI=1S/C13H21FN2O/c1-8(2)9(3)7-16-12-6-13(17-4)11(15)5-10(12)14/h5-6,8-9,16H,7,15H2,1-4H3. The van der Waals surface area contributed by atoms with Crippen molar-refractivity contribution in [2.45, 2.75) is 20.8 Å². The molecule has 1 atom stereocenters. The molecule has 1 unspecified atom stereocenters. The Balaban J connectivity index is 2.77. The van der Waals surface area contributed by atoms with Crippen LogP contribution in [0.4, 0.5) is 15.8 Å². The lowest BCUT2D eigenvalue weighted by Gasteiger charge is -2.18. The van der Waals surface area contributed by atoms with Crippen LogP contribution in [0, 0.1) is 17.7 Å². The van der Waals surface area contributed by atoms with E-state index in [1.54, 1.807) is 6.07 Å². The van der Waals surface area contributed by atoms with Crippen LogP contribution in [-0.4, -0.2) is 13.7 Å². The van der Waals surface area contributed by atoms with Gasteiger partial charge in [-0.3, -0.25) is 0 Å². The molecule has 3 N–H and O–H groups in total. The highest BCUT2D eigenvalue weighted by Crippen LogP contribution is 2.28. The van der Waals surface area contributed by atoms with Crippen molar-refractivity contribution in [2.75, 3.05) is 24.7 Å². The summed E-state index contributed by atoms with van der Waals surface area (Å²) in [5, 5.41) is 3.09. The number of anilines is 2. The molecule has 0 aliphatic heterocycles. The molecule has 0 spiro atoms. The van der Waals surface area contributed by atoms with Crippen LogP contribution in [-0.2, 0) is 0 Å². The first kappa shape index (κ1) is 13.6. The zero-order chi connectivity index (χ0) is 13.0. The van der Waals surface area contributed by atoms with Gasteiger partial charge in [0.05, 0.1) is 18.5 Å². The molecule has 0 bridgehead atoms. The minimum atomic E-state index is -0.348. The minimum absolute atomic E-state index is 0.312. The number of benzene rings is 1. The number of ether oxygens (including phenoxy) is 1. The number of rotatable bonds is 5. The maximum absolute atomic E-state index is 13.6. The predicted octanol–water partition coefficient (Wildman–Crippen LogP) is 3.12. The number of halogens is 1. The van der Waals surface area contributed by atoms with Gasteiger partial charge in [0.15, 0.2) is 0 Å². The number of nitrogens with two attached hydrogens (primary N) is 1. The number of methoxy groups -OCH3 is 1. The van der Waals surface area contributed by atoms with Crippen LogP contribution in [0.15, 0.2) is 12.1 Å². The second-order valence-corrected chi connectivity index (χ2v) is 4.68. The highest BCUT2D eigenvalue weighted by atomic mass is 19.1. The molecule has 0 saturated heterocycles. The number of hydrogen-bond donors (Lipinski definition) is 2. The Morgan fingerprint density at radius 1 is 1.35 bits per heavy atom. The van der Waals surface area contributed by atoms with Crippen LogP contribution in [0.5, 0.6) is 5.75 Å². The summed E-state index contributed by atoms with van der Waals surface area (Å²) in [5.41, 5.74) is 6.36. The average molecular weight is 240 g/mol. The molecule has 0 radical (unpaired) electrons. The Hall–Kier alpha value is -1.45. The highest BCUT2D eigenvalue weighted by molar-refractivity contribution is 5.62. The second-order valence-electron chi connectivity index (χ2n) is 4.68. The first-order valence-electron chi connectivity index (χ1n) is 5.82. The van der Waals surface area contributed by atoms with Crippen molar-refractivity contribution in [3.05, 3.63) is 17.9 Å². The summed E-state index contributed by atoms with van der Waals surface area (Å²) in [6.45, 7) is 7.14. The molecule has 4 heteroatoms. The minimum Gasteiger partial charge on any atom is -0.495 e. The van der Waals surface area contributed by atoms with Crippen molar-refractivity contribution in [3.8, 4) is 5.75 Å². The first-order chi connectivity index (χ1) is 7.95. The van der Waals surface area contributed by atoms with Crippen LogP contribution in [0.1, 0.15) is 20.8 Å². The molecule has 1 aromatic rings. The van der Waals surface area contributed by atoms with Crippen molar-refractivity contribution >= 4 is 11.4 Å². The fraction of sp³-hybridized carbons (Fsp3) is 0.538. The van der Waals surface area contributed by atoms with Crippen LogP contribution in [0.3, 0.4) is 0 Å². The molecule has 0 fully saturated rings. The Bertz CT molecular complexity index is 380. The molecule has 0 saturated carbocycles. The van der Waals surface area contributed by atoms with E-state index in [1.165, 1.54) is 13.2 Å². The average Bonchev–Trinajstić information content (AvgIpc) is 2.27. The summed E-state index contributed by atoms with van der Waals surface area (Å²) in [6, 6.07) is 2.87. The Morgan fingerprint density at radius 2 is 2.00 bits per heavy atom. The van der Waals surface area contributed by atoms with Gasteiger partial charge in [-0.15, -0.1) is 0 Å². The van der Waals surface area contributed by atoms with Crippen molar-refractivity contribution in [2.24, 2.45) is 11.8 Å². The third kappa shape index (κ3) is 3.51. The van der Waals surface area contributed by atoms with Gasteiger partial charge in [-0.25, -0.2) is 4.39 Å². The molecule has 1 rings (SSSR count). The molecular formula is C13H21FN2O. The topological polar surface area (TPSA) is 47.3 Å². The molecule has 0 amide bonds. The van der Waals surface area contributed by atoms with Gasteiger partial charge in [-0.2, -0.15) is 0 Å². The molecule has 0 aliphatic carbocycles. The third-order valence-corrected chi connectivity index (χ3v) is 3.07. The van der Waals surface area contributed by atoms with Gasteiger partial charge in [-0.05, 0) is 11.8 Å². The van der Waals surface area contributed by atoms with E-state index in [-0.39, 0.29) is 5.82 Å². The van der Waals surface area contributed by atoms with Gasteiger partial charge >= 0.3 is 0 Å². The molecule has 96 valence electrons. The third-order valence-electron chi connectivity index (χ3n) is 3.07. The zero-order valence-electron chi connectivity index (χ0n) is 10.9. The van der Waals surface area contributed by atoms with Gasteiger partial charge in [0, 0.05) is 18.7 Å². The maximum Gasteiger partial charge on any atom is 0.148 e. The molecule has 1 aromatic carbocycles. The quantitative estimate of drug-likeness (QED) is 0.777. The SMILES string of the molecule is COc1cc(NCC(C)C(C)C)c(F)cc1N. The normalized spacial score (nSPS) is 12.6. The monoisotopic (exact) mass is 240 g/mol. The van der Waals surface area contributed by atoms with Gasteiger partial charge in [0.1, 0.15) is 11.6 Å². The van der Waals surface area contributed by atoms with E-state index in [9.17, 15) is 4.39 Å². The van der Waals surface area contributed by atoms with E-state index < -0.39 is 0 Å². The molecule has 0 aromatic heterocycles. The number of hydrogen-bond acceptors (Lipinski definition) is 3. The summed E-state index contributed by atoms with van der Waals surface area (Å²) >= 11 is 0. The van der Waals surface area contributed by atoms with Gasteiger partial charge < -0.3 is 15.8 Å². The predicted molar refractivity (Wildman–Crippen MR) is 69.9 cm³/mol. The summed E-state index contributed by atoms with van der Waals surface area (Å²) in [4.78, 5) is 0. The van der Waals surface area contributed by atoms with Crippen LogP contribution in [0.25, 0.3) is 0 Å². The van der Waals surface area contributed by atoms with E-state index in [4.69, 9.17) is 10.5 Å². The van der Waals surface area contributed by atoms with Crippen molar-refractivity contribution in [1.29, 1.82) is 0 Å². The van der Waals surface area contributed by atoms with Crippen LogP contribution in [0.2, 0.25) is 0 Å². The van der Waals surface area contributed by atoms with Gasteiger partial charge in [-0.1, -0.05) is 20.8 Å². The Labute approximate surface area is 102 Å². The largest absolute Gasteiger partial charge is 0.495 e. The van der Waals surface area contributed by atoms with Gasteiger partial charge in [0.25, 0.3) is 0 Å². The van der Waals surface area contributed by atoms with E-state index in [1.807, 2.05) is 0 Å². The Morgan fingerprint density at radius 3 is 2.53 bits per heavy atom. The lowest BCUT2D eigenvalue weighted by Crippen LogP contribution is -2.17. The maximum atomic E-state index is 13.6. The molecule has 0 heterocycles. The smallest absolute Gasteiger partial charge is 0.148 e. The lowest BCUT2D eigenvalue weighted by molar-refractivity contribution is 0.415. The fourth-order valence-electron chi connectivity index (χ4n) is 1.39. The summed E-state index contributed by atoms with van der Waals surface area (Å²) in [5.74, 6) is 1.17. The lowest BCUT2D eigenvalue weighted by atomic mass is 9.98.